The van der Waals surface area contributed by atoms with Crippen molar-refractivity contribution in [2.75, 3.05) is 0 Å². The summed E-state index contributed by atoms with van der Waals surface area (Å²) in [6.07, 6.45) is 12.5. The van der Waals surface area contributed by atoms with Crippen molar-refractivity contribution in [3.63, 3.8) is 0 Å². The van der Waals surface area contributed by atoms with Crippen LogP contribution in [-0.4, -0.2) is 15.8 Å². The summed E-state index contributed by atoms with van der Waals surface area (Å²) in [6, 6.07) is 8.97. The lowest BCUT2D eigenvalue weighted by Gasteiger charge is -2.46. The van der Waals surface area contributed by atoms with E-state index in [2.05, 4.69) is 81.0 Å². The third kappa shape index (κ3) is 1.79. The van der Waals surface area contributed by atoms with Gasteiger partial charge in [0.1, 0.15) is 0 Å². The van der Waals surface area contributed by atoms with Crippen molar-refractivity contribution in [2.24, 2.45) is 0 Å². The van der Waals surface area contributed by atoms with Crippen LogP contribution in [0.1, 0.15) is 58.1 Å². The zero-order valence-corrected chi connectivity index (χ0v) is 13.7. The topological polar surface area (TPSA) is 3.01 Å². The molecule has 21 heavy (non-hydrogen) atoms. The second-order valence-electron chi connectivity index (χ2n) is 6.64. The number of allylic oxidation sites excluding steroid dienone is 3. The molecule has 2 atom stereocenters. The molecule has 0 aliphatic carbocycles. The third-order valence-electron chi connectivity index (χ3n) is 5.98. The Morgan fingerprint density at radius 1 is 1.05 bits per heavy atom. The first-order chi connectivity index (χ1) is 10.1. The maximum Gasteiger partial charge on any atom is 0.212 e. The molecule has 2 unspecified atom stereocenters. The van der Waals surface area contributed by atoms with Crippen LogP contribution in [0.5, 0.6) is 0 Å². The molecule has 1 heteroatoms. The Balaban J connectivity index is 2.40. The minimum atomic E-state index is 0.108. The fourth-order valence-corrected chi connectivity index (χ4v) is 4.11. The van der Waals surface area contributed by atoms with Gasteiger partial charge in [-0.1, -0.05) is 38.1 Å². The van der Waals surface area contributed by atoms with E-state index < -0.39 is 0 Å². The van der Waals surface area contributed by atoms with Crippen LogP contribution in [0.2, 0.25) is 0 Å². The number of fused-ring (bicyclic) bond motifs is 2. The highest BCUT2D eigenvalue weighted by Gasteiger charge is 2.56. The van der Waals surface area contributed by atoms with E-state index in [9.17, 15) is 0 Å². The molecule has 2 aliphatic rings. The van der Waals surface area contributed by atoms with Gasteiger partial charge >= 0.3 is 0 Å². The Morgan fingerprint density at radius 3 is 2.52 bits per heavy atom. The van der Waals surface area contributed by atoms with Crippen LogP contribution in [-0.2, 0) is 5.41 Å². The largest absolute Gasteiger partial charge is 0.212 e. The van der Waals surface area contributed by atoms with Crippen molar-refractivity contribution >= 4 is 5.71 Å². The maximum atomic E-state index is 2.53. The average molecular weight is 280 g/mol. The summed E-state index contributed by atoms with van der Waals surface area (Å²) in [4.78, 5) is 0. The molecule has 0 aromatic heterocycles. The zero-order chi connectivity index (χ0) is 15.1. The van der Waals surface area contributed by atoms with Crippen molar-refractivity contribution in [3.05, 3.63) is 59.8 Å². The first-order valence-corrected chi connectivity index (χ1v) is 8.18. The van der Waals surface area contributed by atoms with Crippen molar-refractivity contribution in [2.45, 2.75) is 57.9 Å². The predicted octanol–water partition coefficient (Wildman–Crippen LogP) is 4.81. The quantitative estimate of drug-likeness (QED) is 0.684. The molecule has 3 rings (SSSR count). The summed E-state index contributed by atoms with van der Waals surface area (Å²) < 4.78 is 2.53. The van der Waals surface area contributed by atoms with Crippen molar-refractivity contribution in [1.82, 2.24) is 0 Å². The van der Waals surface area contributed by atoms with Crippen LogP contribution in [0.15, 0.2) is 48.7 Å². The number of hydrogen-bond acceptors (Lipinski definition) is 0. The second kappa shape index (κ2) is 4.98. The molecule has 0 spiro atoms. The number of nitrogens with zero attached hydrogens (tertiary/aromatic N) is 1. The van der Waals surface area contributed by atoms with Crippen LogP contribution in [0.4, 0.5) is 0 Å². The van der Waals surface area contributed by atoms with Crippen molar-refractivity contribution in [3.8, 4) is 0 Å². The molecule has 1 aromatic carbocycles. The van der Waals surface area contributed by atoms with Crippen LogP contribution in [0, 0.1) is 0 Å². The number of benzene rings is 1. The van der Waals surface area contributed by atoms with Gasteiger partial charge in [0.05, 0.1) is 11.0 Å². The van der Waals surface area contributed by atoms with Gasteiger partial charge in [-0.25, -0.2) is 0 Å². The van der Waals surface area contributed by atoms with E-state index >= 15 is 0 Å². The lowest BCUT2D eigenvalue weighted by Crippen LogP contribution is -2.58. The lowest BCUT2D eigenvalue weighted by atomic mass is 9.61. The standard InChI is InChI=1S/C20H26N/c1-5-19(3)17-13-10-9-12-16(17)18-14-8-7-11-15-21(18)20(19,4)6-2/h8-15H,5-7H2,1-4H3/q+1. The van der Waals surface area contributed by atoms with E-state index in [1.54, 1.807) is 0 Å². The molecule has 1 aromatic rings. The highest BCUT2D eigenvalue weighted by Crippen LogP contribution is 2.47. The average Bonchev–Trinajstić information content (AvgIpc) is 2.79. The first-order valence-electron chi connectivity index (χ1n) is 8.18. The highest BCUT2D eigenvalue weighted by molar-refractivity contribution is 6.07. The zero-order valence-electron chi connectivity index (χ0n) is 13.7. The number of hydrogen-bond donors (Lipinski definition) is 0. The summed E-state index contributed by atoms with van der Waals surface area (Å²) in [5, 5.41) is 0. The Labute approximate surface area is 128 Å². The second-order valence-corrected chi connectivity index (χ2v) is 6.64. The minimum absolute atomic E-state index is 0.108. The van der Waals surface area contributed by atoms with Crippen molar-refractivity contribution < 1.29 is 4.58 Å². The van der Waals surface area contributed by atoms with E-state index in [0.29, 0.717) is 0 Å². The van der Waals surface area contributed by atoms with Gasteiger partial charge < -0.3 is 0 Å². The van der Waals surface area contributed by atoms with Crippen LogP contribution < -0.4 is 0 Å². The van der Waals surface area contributed by atoms with E-state index in [-0.39, 0.29) is 11.0 Å². The van der Waals surface area contributed by atoms with Gasteiger partial charge in [0, 0.05) is 19.4 Å². The van der Waals surface area contributed by atoms with Gasteiger partial charge in [-0.15, -0.1) is 0 Å². The molecule has 0 amide bonds. The van der Waals surface area contributed by atoms with Gasteiger partial charge in [-0.05, 0) is 37.5 Å². The summed E-state index contributed by atoms with van der Waals surface area (Å²) >= 11 is 0. The Bertz CT molecular complexity index is 650. The SMILES string of the molecule is CCC1(C)c2ccccc2C2=[N+](C=CCC=C2)C1(C)CC. The molecule has 0 N–H and O–H groups in total. The van der Waals surface area contributed by atoms with E-state index in [1.165, 1.54) is 16.8 Å². The molecule has 2 aliphatic heterocycles. The molecule has 1 nitrogen and oxygen atoms in total. The smallest absolute Gasteiger partial charge is 0.193 e. The van der Waals surface area contributed by atoms with Crippen LogP contribution >= 0.6 is 0 Å². The molecular weight excluding hydrogens is 254 g/mol. The Kier molecular flexibility index (Phi) is 3.39. The molecule has 0 saturated carbocycles. The van der Waals surface area contributed by atoms with E-state index in [4.69, 9.17) is 0 Å². The van der Waals surface area contributed by atoms with Gasteiger partial charge in [0.25, 0.3) is 0 Å². The molecule has 0 fully saturated rings. The maximum absolute atomic E-state index is 2.53. The summed E-state index contributed by atoms with van der Waals surface area (Å²) in [5.74, 6) is 0. The lowest BCUT2D eigenvalue weighted by molar-refractivity contribution is -0.561. The minimum Gasteiger partial charge on any atom is -0.193 e. The fraction of sp³-hybridized carbons (Fsp3) is 0.450. The highest BCUT2D eigenvalue weighted by atomic mass is 15.1. The van der Waals surface area contributed by atoms with Gasteiger partial charge in [-0.2, -0.15) is 4.58 Å². The predicted molar refractivity (Wildman–Crippen MR) is 90.0 cm³/mol. The summed E-state index contributed by atoms with van der Waals surface area (Å²) in [5.41, 5.74) is 4.52. The fourth-order valence-electron chi connectivity index (χ4n) is 4.11. The number of rotatable bonds is 2. The molecule has 0 radical (unpaired) electrons. The van der Waals surface area contributed by atoms with Crippen LogP contribution in [0.3, 0.4) is 0 Å². The molecule has 2 heterocycles. The molecule has 110 valence electrons. The summed E-state index contributed by atoms with van der Waals surface area (Å²) in [6.45, 7) is 9.51. The van der Waals surface area contributed by atoms with Gasteiger partial charge in [0.2, 0.25) is 5.71 Å². The Hall–Kier alpha value is -1.63. The molecule has 0 saturated heterocycles. The van der Waals surface area contributed by atoms with E-state index in [0.717, 1.165) is 19.3 Å². The monoisotopic (exact) mass is 280 g/mol. The van der Waals surface area contributed by atoms with Gasteiger partial charge in [-0.3, -0.25) is 0 Å². The van der Waals surface area contributed by atoms with Gasteiger partial charge in [0.15, 0.2) is 11.7 Å². The molecular formula is C20H26N+. The Morgan fingerprint density at radius 2 is 1.81 bits per heavy atom. The third-order valence-corrected chi connectivity index (χ3v) is 5.98. The summed E-state index contributed by atoms with van der Waals surface area (Å²) in [7, 11) is 0. The first kappa shape index (κ1) is 14.3. The molecule has 0 bridgehead atoms. The van der Waals surface area contributed by atoms with E-state index in [1.807, 2.05) is 0 Å². The normalized spacial score (nSPS) is 30.9. The van der Waals surface area contributed by atoms with Crippen molar-refractivity contribution in [1.29, 1.82) is 0 Å². The van der Waals surface area contributed by atoms with Crippen LogP contribution in [0.25, 0.3) is 0 Å².